The SMILES string of the molecule is NC(C1CC1)C1CN2CCN1CC2. The predicted octanol–water partition coefficient (Wildman–Crippen LogP) is -0.276. The molecule has 0 spiro atoms. The van der Waals surface area contributed by atoms with Gasteiger partial charge in [-0.3, -0.25) is 9.80 Å². The van der Waals surface area contributed by atoms with Gasteiger partial charge < -0.3 is 5.73 Å². The zero-order valence-electron chi connectivity index (χ0n) is 8.15. The van der Waals surface area contributed by atoms with E-state index in [4.69, 9.17) is 5.73 Å². The molecule has 3 heterocycles. The van der Waals surface area contributed by atoms with E-state index in [0.717, 1.165) is 5.92 Å². The van der Waals surface area contributed by atoms with Gasteiger partial charge in [0.15, 0.2) is 0 Å². The highest BCUT2D eigenvalue weighted by atomic mass is 15.3. The quantitative estimate of drug-likeness (QED) is 0.636. The zero-order chi connectivity index (χ0) is 8.84. The second kappa shape index (κ2) is 2.94. The van der Waals surface area contributed by atoms with Crippen LogP contribution >= 0.6 is 0 Å². The van der Waals surface area contributed by atoms with Gasteiger partial charge in [-0.25, -0.2) is 0 Å². The van der Waals surface area contributed by atoms with Crippen molar-refractivity contribution in [3.05, 3.63) is 0 Å². The molecule has 3 heteroatoms. The molecule has 2 unspecified atom stereocenters. The molecule has 0 aromatic rings. The molecular weight excluding hydrogens is 162 g/mol. The maximum atomic E-state index is 6.27. The van der Waals surface area contributed by atoms with Crippen molar-refractivity contribution in [3.63, 3.8) is 0 Å². The van der Waals surface area contributed by atoms with Gasteiger partial charge in [-0.15, -0.1) is 0 Å². The molecule has 4 fully saturated rings. The van der Waals surface area contributed by atoms with Gasteiger partial charge in [0.1, 0.15) is 0 Å². The van der Waals surface area contributed by atoms with E-state index in [9.17, 15) is 0 Å². The highest BCUT2D eigenvalue weighted by Crippen LogP contribution is 2.35. The molecule has 2 bridgehead atoms. The number of nitrogens with zero attached hydrogens (tertiary/aromatic N) is 2. The van der Waals surface area contributed by atoms with Crippen LogP contribution in [0.1, 0.15) is 12.8 Å². The van der Waals surface area contributed by atoms with E-state index >= 15 is 0 Å². The van der Waals surface area contributed by atoms with Crippen LogP contribution in [0.25, 0.3) is 0 Å². The van der Waals surface area contributed by atoms with Gasteiger partial charge in [0.2, 0.25) is 0 Å². The summed E-state index contributed by atoms with van der Waals surface area (Å²) in [5.41, 5.74) is 6.27. The highest BCUT2D eigenvalue weighted by molar-refractivity contribution is 4.99. The number of fused-ring (bicyclic) bond motifs is 3. The van der Waals surface area contributed by atoms with Crippen molar-refractivity contribution >= 4 is 0 Å². The van der Waals surface area contributed by atoms with Crippen molar-refractivity contribution < 1.29 is 0 Å². The van der Waals surface area contributed by atoms with Gasteiger partial charge in [-0.1, -0.05) is 0 Å². The van der Waals surface area contributed by atoms with Crippen LogP contribution in [-0.2, 0) is 0 Å². The lowest BCUT2D eigenvalue weighted by Crippen LogP contribution is -2.66. The summed E-state index contributed by atoms with van der Waals surface area (Å²) >= 11 is 0. The van der Waals surface area contributed by atoms with Crippen LogP contribution in [0.15, 0.2) is 0 Å². The Hall–Kier alpha value is -0.120. The normalized spacial score (nSPS) is 46.4. The molecule has 0 amide bonds. The molecule has 4 aliphatic rings. The van der Waals surface area contributed by atoms with Gasteiger partial charge in [0, 0.05) is 44.8 Å². The fourth-order valence-corrected chi connectivity index (χ4v) is 2.82. The molecule has 2 N–H and O–H groups in total. The van der Waals surface area contributed by atoms with Gasteiger partial charge in [0.25, 0.3) is 0 Å². The van der Waals surface area contributed by atoms with Gasteiger partial charge in [0.05, 0.1) is 0 Å². The molecule has 1 aliphatic carbocycles. The van der Waals surface area contributed by atoms with Crippen LogP contribution in [0.2, 0.25) is 0 Å². The summed E-state index contributed by atoms with van der Waals surface area (Å²) in [6.45, 7) is 6.29. The van der Waals surface area contributed by atoms with Crippen LogP contribution in [0.3, 0.4) is 0 Å². The van der Waals surface area contributed by atoms with E-state index in [1.54, 1.807) is 0 Å². The Morgan fingerprint density at radius 1 is 1.08 bits per heavy atom. The summed E-state index contributed by atoms with van der Waals surface area (Å²) in [5.74, 6) is 0.852. The monoisotopic (exact) mass is 181 g/mol. The molecule has 2 atom stereocenters. The molecule has 3 aliphatic heterocycles. The van der Waals surface area contributed by atoms with Gasteiger partial charge in [-0.05, 0) is 18.8 Å². The second-order valence-corrected chi connectivity index (χ2v) is 4.82. The third kappa shape index (κ3) is 1.39. The minimum atomic E-state index is 0.461. The third-order valence-electron chi connectivity index (χ3n) is 3.93. The Morgan fingerprint density at radius 2 is 1.77 bits per heavy atom. The second-order valence-electron chi connectivity index (χ2n) is 4.82. The Labute approximate surface area is 79.9 Å². The molecule has 4 rings (SSSR count). The Morgan fingerprint density at radius 3 is 2.23 bits per heavy atom. The van der Waals surface area contributed by atoms with E-state index in [1.807, 2.05) is 0 Å². The Kier molecular flexibility index (Phi) is 1.86. The Balaban J connectivity index is 1.69. The molecule has 0 aromatic heterocycles. The summed E-state index contributed by atoms with van der Waals surface area (Å²) in [4.78, 5) is 5.19. The lowest BCUT2D eigenvalue weighted by atomic mass is 9.97. The average Bonchev–Trinajstić information content (AvgIpc) is 3.02. The first-order chi connectivity index (χ1) is 6.34. The molecular formula is C10H19N3. The van der Waals surface area contributed by atoms with E-state index in [0.29, 0.717) is 12.1 Å². The largest absolute Gasteiger partial charge is 0.326 e. The standard InChI is InChI=1S/C10H19N3/c11-10(8-1-2-8)9-7-12-3-5-13(9)6-4-12/h8-10H,1-7,11H2. The van der Waals surface area contributed by atoms with E-state index < -0.39 is 0 Å². The first-order valence-corrected chi connectivity index (χ1v) is 5.56. The molecule has 3 saturated heterocycles. The molecule has 3 nitrogen and oxygen atoms in total. The number of hydrogen-bond acceptors (Lipinski definition) is 3. The fourth-order valence-electron chi connectivity index (χ4n) is 2.82. The first-order valence-electron chi connectivity index (χ1n) is 5.56. The zero-order valence-corrected chi connectivity index (χ0v) is 8.15. The van der Waals surface area contributed by atoms with Crippen LogP contribution in [0, 0.1) is 5.92 Å². The Bertz CT molecular complexity index is 192. The maximum Gasteiger partial charge on any atom is 0.0378 e. The van der Waals surface area contributed by atoms with Gasteiger partial charge >= 0.3 is 0 Å². The lowest BCUT2D eigenvalue weighted by Gasteiger charge is -2.49. The van der Waals surface area contributed by atoms with Crippen LogP contribution in [-0.4, -0.2) is 54.6 Å². The van der Waals surface area contributed by atoms with Crippen molar-refractivity contribution in [2.24, 2.45) is 11.7 Å². The van der Waals surface area contributed by atoms with Crippen molar-refractivity contribution in [1.82, 2.24) is 9.80 Å². The molecule has 1 saturated carbocycles. The van der Waals surface area contributed by atoms with E-state index in [1.165, 1.54) is 45.6 Å². The summed E-state index contributed by atoms with van der Waals surface area (Å²) in [7, 11) is 0. The molecule has 13 heavy (non-hydrogen) atoms. The number of rotatable bonds is 2. The summed E-state index contributed by atoms with van der Waals surface area (Å²) in [6.07, 6.45) is 2.76. The van der Waals surface area contributed by atoms with Crippen LogP contribution in [0.4, 0.5) is 0 Å². The van der Waals surface area contributed by atoms with Crippen molar-refractivity contribution in [2.75, 3.05) is 32.7 Å². The van der Waals surface area contributed by atoms with Crippen molar-refractivity contribution in [3.8, 4) is 0 Å². The number of hydrogen-bond donors (Lipinski definition) is 1. The van der Waals surface area contributed by atoms with E-state index in [-0.39, 0.29) is 0 Å². The van der Waals surface area contributed by atoms with Crippen molar-refractivity contribution in [2.45, 2.75) is 24.9 Å². The van der Waals surface area contributed by atoms with Crippen molar-refractivity contribution in [1.29, 1.82) is 0 Å². The third-order valence-corrected chi connectivity index (χ3v) is 3.93. The number of nitrogens with two attached hydrogens (primary N) is 1. The smallest absolute Gasteiger partial charge is 0.0378 e. The summed E-state index contributed by atoms with van der Waals surface area (Å²) in [5, 5.41) is 0. The number of piperazine rings is 3. The minimum Gasteiger partial charge on any atom is -0.326 e. The lowest BCUT2D eigenvalue weighted by molar-refractivity contribution is -0.000469. The molecule has 0 radical (unpaired) electrons. The predicted molar refractivity (Wildman–Crippen MR) is 52.5 cm³/mol. The summed E-state index contributed by atoms with van der Waals surface area (Å²) in [6, 6.07) is 1.14. The molecule has 74 valence electrons. The topological polar surface area (TPSA) is 32.5 Å². The minimum absolute atomic E-state index is 0.461. The summed E-state index contributed by atoms with van der Waals surface area (Å²) < 4.78 is 0. The van der Waals surface area contributed by atoms with Crippen LogP contribution < -0.4 is 5.73 Å². The highest BCUT2D eigenvalue weighted by Gasteiger charge is 2.41. The van der Waals surface area contributed by atoms with Gasteiger partial charge in [-0.2, -0.15) is 0 Å². The average molecular weight is 181 g/mol. The fraction of sp³-hybridized carbons (Fsp3) is 1.00. The maximum absolute atomic E-state index is 6.27. The van der Waals surface area contributed by atoms with Crippen LogP contribution in [0.5, 0.6) is 0 Å². The first kappa shape index (κ1) is 8.21. The molecule has 0 aromatic carbocycles. The van der Waals surface area contributed by atoms with E-state index in [2.05, 4.69) is 9.80 Å².